The largest absolute Gasteiger partial charge is 0.0872 e. The van der Waals surface area contributed by atoms with Gasteiger partial charge in [-0.15, -0.1) is 0 Å². The molecule has 0 bridgehead atoms. The first-order valence-corrected chi connectivity index (χ1v) is 2.35. The molecule has 0 N–H and O–H groups in total. The molecule has 0 aromatic carbocycles. The van der Waals surface area contributed by atoms with E-state index in [1.165, 1.54) is 0 Å². The van der Waals surface area contributed by atoms with Crippen molar-refractivity contribution in [1.29, 1.82) is 0 Å². The Bertz CT molecular complexity index is 33.7. The van der Waals surface area contributed by atoms with Gasteiger partial charge in [0.15, 0.2) is 0 Å². The lowest BCUT2D eigenvalue weighted by molar-refractivity contribution is 0.469. The fraction of sp³-hybridized carbons (Fsp3) is 1.00. The van der Waals surface area contributed by atoms with E-state index in [-0.39, 0.29) is 0 Å². The van der Waals surface area contributed by atoms with Crippen molar-refractivity contribution in [1.82, 2.24) is 0 Å². The summed E-state index contributed by atoms with van der Waals surface area (Å²) in [5.41, 5.74) is 0.431. The number of hydrogen-bond donors (Lipinski definition) is 0. The summed E-state index contributed by atoms with van der Waals surface area (Å²) < 4.78 is 0. The first-order chi connectivity index (χ1) is 2.56. The van der Waals surface area contributed by atoms with Crippen molar-refractivity contribution < 1.29 is 0 Å². The fourth-order valence-corrected chi connectivity index (χ4v) is 0. The van der Waals surface area contributed by atoms with Crippen molar-refractivity contribution in [3.8, 4) is 0 Å². The predicted octanol–water partition coefficient (Wildman–Crippen LogP) is 1.35. The Hall–Kier alpha value is 0.0649. The van der Waals surface area contributed by atoms with Crippen LogP contribution in [-0.4, -0.2) is 7.85 Å². The smallest absolute Gasteiger partial charge is 0.0798 e. The van der Waals surface area contributed by atoms with Crippen LogP contribution >= 0.6 is 0 Å². The Morgan fingerprint density at radius 3 is 1.50 bits per heavy atom. The Kier molecular flexibility index (Phi) is 1.69. The van der Waals surface area contributed by atoms with E-state index in [0.717, 1.165) is 6.32 Å². The quantitative estimate of drug-likeness (QED) is 0.388. The molecule has 1 radical (unpaired) electrons. The fourth-order valence-electron chi connectivity index (χ4n) is 0. The molecular formula is C5H12B. The van der Waals surface area contributed by atoms with E-state index >= 15 is 0 Å². The molecule has 0 aromatic rings. The molecule has 0 aliphatic heterocycles. The zero-order valence-electron chi connectivity index (χ0n) is 4.91. The van der Waals surface area contributed by atoms with E-state index in [1.54, 1.807) is 0 Å². The Labute approximate surface area is 41.4 Å². The van der Waals surface area contributed by atoms with E-state index in [1.807, 2.05) is 0 Å². The molecule has 0 fully saturated rings. The molecule has 0 unspecified atom stereocenters. The van der Waals surface area contributed by atoms with Gasteiger partial charge in [-0.2, -0.15) is 0 Å². The van der Waals surface area contributed by atoms with Crippen LogP contribution in [0.1, 0.15) is 20.8 Å². The molecule has 0 aromatic heterocycles. The second-order valence-corrected chi connectivity index (χ2v) is 2.81. The van der Waals surface area contributed by atoms with Crippen LogP contribution in [0.15, 0.2) is 0 Å². The number of rotatable bonds is 0. The van der Waals surface area contributed by atoms with Gasteiger partial charge in [-0.05, 0) is 5.41 Å². The average Bonchev–Trinajstić information content (AvgIpc) is 1.35. The Morgan fingerprint density at radius 1 is 1.33 bits per heavy atom. The van der Waals surface area contributed by atoms with Gasteiger partial charge in [0.25, 0.3) is 0 Å². The molecule has 0 spiro atoms. The normalized spacial score (nSPS) is 11.8. The maximum absolute atomic E-state index is 3.76. The van der Waals surface area contributed by atoms with Crippen molar-refractivity contribution in [2.24, 2.45) is 5.41 Å². The Morgan fingerprint density at radius 2 is 1.50 bits per heavy atom. The summed E-state index contributed by atoms with van der Waals surface area (Å²) in [4.78, 5) is 0. The third-order valence-electron chi connectivity index (χ3n) is 0.750. The lowest BCUT2D eigenvalue weighted by Gasteiger charge is -2.12. The SMILES string of the molecule is [BH]CC(C)(C)C. The van der Waals surface area contributed by atoms with Crippen LogP contribution in [0.5, 0.6) is 0 Å². The van der Waals surface area contributed by atoms with Gasteiger partial charge >= 0.3 is 0 Å². The molecule has 0 heterocycles. The van der Waals surface area contributed by atoms with Gasteiger partial charge in [-0.3, -0.25) is 0 Å². The highest BCUT2D eigenvalue weighted by Gasteiger charge is 2.03. The molecule has 0 saturated carbocycles. The highest BCUT2D eigenvalue weighted by molar-refractivity contribution is 6.08. The van der Waals surface area contributed by atoms with Crippen molar-refractivity contribution in [3.63, 3.8) is 0 Å². The van der Waals surface area contributed by atoms with Crippen LogP contribution in [-0.2, 0) is 0 Å². The summed E-state index contributed by atoms with van der Waals surface area (Å²) >= 11 is 0. The highest BCUT2D eigenvalue weighted by atomic mass is 14.1. The summed E-state index contributed by atoms with van der Waals surface area (Å²) in [5, 5.41) is 0. The second-order valence-electron chi connectivity index (χ2n) is 2.81. The van der Waals surface area contributed by atoms with E-state index < -0.39 is 0 Å². The zero-order chi connectivity index (χ0) is 5.21. The van der Waals surface area contributed by atoms with Crippen molar-refractivity contribution in [3.05, 3.63) is 0 Å². The van der Waals surface area contributed by atoms with Crippen molar-refractivity contribution in [2.45, 2.75) is 27.1 Å². The van der Waals surface area contributed by atoms with Gasteiger partial charge in [0.2, 0.25) is 0 Å². The van der Waals surface area contributed by atoms with Gasteiger partial charge in [0.1, 0.15) is 0 Å². The maximum atomic E-state index is 3.76. The summed E-state index contributed by atoms with van der Waals surface area (Å²) in [7, 11) is 3.76. The van der Waals surface area contributed by atoms with Crippen LogP contribution in [0.25, 0.3) is 0 Å². The molecule has 0 amide bonds. The van der Waals surface area contributed by atoms with Crippen LogP contribution < -0.4 is 0 Å². The topological polar surface area (TPSA) is 0 Å². The molecule has 6 heavy (non-hydrogen) atoms. The maximum Gasteiger partial charge on any atom is 0.0872 e. The third-order valence-corrected chi connectivity index (χ3v) is 0.750. The molecule has 0 saturated heterocycles. The van der Waals surface area contributed by atoms with Gasteiger partial charge in [-0.25, -0.2) is 0 Å². The Balaban J connectivity index is 3.17. The first-order valence-electron chi connectivity index (χ1n) is 2.35. The van der Waals surface area contributed by atoms with Crippen molar-refractivity contribution >= 4 is 7.85 Å². The monoisotopic (exact) mass is 83.1 g/mol. The van der Waals surface area contributed by atoms with Gasteiger partial charge in [-0.1, -0.05) is 27.1 Å². The van der Waals surface area contributed by atoms with Crippen LogP contribution in [0.2, 0.25) is 6.32 Å². The highest BCUT2D eigenvalue weighted by Crippen LogP contribution is 2.15. The average molecular weight is 83.0 g/mol. The van der Waals surface area contributed by atoms with Crippen molar-refractivity contribution in [2.75, 3.05) is 0 Å². The molecule has 1 heteroatoms. The van der Waals surface area contributed by atoms with Gasteiger partial charge < -0.3 is 0 Å². The van der Waals surface area contributed by atoms with Crippen LogP contribution in [0.4, 0.5) is 0 Å². The van der Waals surface area contributed by atoms with E-state index in [0.29, 0.717) is 5.41 Å². The van der Waals surface area contributed by atoms with Crippen LogP contribution in [0.3, 0.4) is 0 Å². The molecule has 0 nitrogen and oxygen atoms in total. The van der Waals surface area contributed by atoms with E-state index in [9.17, 15) is 0 Å². The summed E-state index contributed by atoms with van der Waals surface area (Å²) in [6.07, 6.45) is 1.02. The van der Waals surface area contributed by atoms with E-state index in [4.69, 9.17) is 0 Å². The molecule has 0 aliphatic rings. The molecule has 0 aliphatic carbocycles. The first kappa shape index (κ1) is 6.06. The lowest BCUT2D eigenvalue weighted by atomic mass is 9.81. The lowest BCUT2D eigenvalue weighted by Crippen LogP contribution is -2.01. The predicted molar refractivity (Wildman–Crippen MR) is 31.4 cm³/mol. The minimum atomic E-state index is 0.431. The summed E-state index contributed by atoms with van der Waals surface area (Å²) in [6, 6.07) is 0. The summed E-state index contributed by atoms with van der Waals surface area (Å²) in [6.45, 7) is 6.54. The summed E-state index contributed by atoms with van der Waals surface area (Å²) in [5.74, 6) is 0. The van der Waals surface area contributed by atoms with Gasteiger partial charge in [0, 0.05) is 0 Å². The molecular weight excluding hydrogens is 70.9 g/mol. The molecule has 35 valence electrons. The van der Waals surface area contributed by atoms with Gasteiger partial charge in [0.05, 0.1) is 7.85 Å². The molecule has 0 rings (SSSR count). The van der Waals surface area contributed by atoms with Crippen LogP contribution in [0, 0.1) is 5.41 Å². The second kappa shape index (κ2) is 1.68. The van der Waals surface area contributed by atoms with E-state index in [2.05, 4.69) is 28.6 Å². The minimum Gasteiger partial charge on any atom is -0.0798 e. The number of hydrogen-bond acceptors (Lipinski definition) is 0. The zero-order valence-corrected chi connectivity index (χ0v) is 4.91. The molecule has 0 atom stereocenters. The third kappa shape index (κ3) is 4.06. The standard InChI is InChI=1S/C5H12B/c1-5(2,3)4-6/h6H,4H2,1-3H3. The minimum absolute atomic E-state index is 0.431.